The summed E-state index contributed by atoms with van der Waals surface area (Å²) in [7, 11) is 0. The van der Waals surface area contributed by atoms with Gasteiger partial charge in [-0.2, -0.15) is 5.26 Å². The molecule has 0 saturated heterocycles. The molecule has 0 aliphatic carbocycles. The second-order valence-corrected chi connectivity index (χ2v) is 13.5. The first-order valence-corrected chi connectivity index (χ1v) is 17.8. The molecule has 0 atom stereocenters. The molecule has 0 fully saturated rings. The highest BCUT2D eigenvalue weighted by atomic mass is 15.0. The summed E-state index contributed by atoms with van der Waals surface area (Å²) in [6.45, 7) is 0. The summed E-state index contributed by atoms with van der Waals surface area (Å²) < 4.78 is 6.96. The quantitative estimate of drug-likeness (QED) is 0.186. The molecule has 0 saturated carbocycles. The Balaban J connectivity index is 1.15. The Kier molecular flexibility index (Phi) is 6.25. The van der Waals surface area contributed by atoms with Crippen molar-refractivity contribution in [1.29, 1.82) is 5.26 Å². The summed E-state index contributed by atoms with van der Waals surface area (Å²) in [4.78, 5) is 5.02. The van der Waals surface area contributed by atoms with E-state index in [-0.39, 0.29) is 0 Å². The summed E-state index contributed by atoms with van der Waals surface area (Å²) in [5, 5.41) is 16.2. The molecule has 7 aromatic carbocycles. The van der Waals surface area contributed by atoms with E-state index in [0.29, 0.717) is 5.56 Å². The molecule has 4 heterocycles. The molecule has 0 bridgehead atoms. The Morgan fingerprint density at radius 1 is 0.396 bits per heavy atom. The number of para-hydroxylation sites is 4. The molecular weight excluding hydrogens is 647 g/mol. The molecule has 5 heteroatoms. The Bertz CT molecular complexity index is 3250. The molecule has 0 aliphatic rings. The lowest BCUT2D eigenvalue weighted by molar-refractivity contribution is 1.17. The van der Waals surface area contributed by atoms with Crippen LogP contribution in [0, 0.1) is 11.3 Å². The molecule has 11 aromatic rings. The van der Waals surface area contributed by atoms with Gasteiger partial charge in [-0.3, -0.25) is 4.98 Å². The topological polar surface area (TPSA) is 51.5 Å². The van der Waals surface area contributed by atoms with Crippen LogP contribution in [0.3, 0.4) is 0 Å². The van der Waals surface area contributed by atoms with E-state index < -0.39 is 0 Å². The smallest absolute Gasteiger partial charge is 0.0992 e. The first-order valence-electron chi connectivity index (χ1n) is 17.8. The summed E-state index contributed by atoms with van der Waals surface area (Å²) in [6.07, 6.45) is 1.89. The first-order chi connectivity index (χ1) is 26.3. The molecule has 0 radical (unpaired) electrons. The molecular formula is C48H29N5. The van der Waals surface area contributed by atoms with Crippen molar-refractivity contribution in [1.82, 2.24) is 18.7 Å². The van der Waals surface area contributed by atoms with Gasteiger partial charge < -0.3 is 13.7 Å². The zero-order valence-electron chi connectivity index (χ0n) is 28.5. The molecule has 5 nitrogen and oxygen atoms in total. The minimum Gasteiger partial charge on any atom is -0.309 e. The van der Waals surface area contributed by atoms with Crippen molar-refractivity contribution in [3.63, 3.8) is 0 Å². The van der Waals surface area contributed by atoms with Gasteiger partial charge >= 0.3 is 0 Å². The maximum Gasteiger partial charge on any atom is 0.0992 e. The molecule has 0 aliphatic heterocycles. The van der Waals surface area contributed by atoms with Gasteiger partial charge in [0.2, 0.25) is 0 Å². The van der Waals surface area contributed by atoms with Crippen molar-refractivity contribution in [3.8, 4) is 34.3 Å². The molecule has 246 valence electrons. The third kappa shape index (κ3) is 4.27. The molecule has 0 spiro atoms. The van der Waals surface area contributed by atoms with Crippen molar-refractivity contribution >= 4 is 65.5 Å². The number of nitrogens with zero attached hydrogens (tertiary/aromatic N) is 5. The Morgan fingerprint density at radius 3 is 1.70 bits per heavy atom. The lowest BCUT2D eigenvalue weighted by Gasteiger charge is -2.13. The largest absolute Gasteiger partial charge is 0.309 e. The van der Waals surface area contributed by atoms with E-state index in [1.807, 2.05) is 24.4 Å². The SMILES string of the molecule is N#Cc1cc(-c2cccc(-n3c4cccnc4c4c5c6ccccc6n(-c6ccccc6)c5ccc43)c2)cc(-n2c3ccccc3c3ccccc32)c1. The minimum atomic E-state index is 0.614. The van der Waals surface area contributed by atoms with Crippen LogP contribution in [-0.2, 0) is 0 Å². The number of hydrogen-bond acceptors (Lipinski definition) is 2. The van der Waals surface area contributed by atoms with Gasteiger partial charge in [-0.15, -0.1) is 0 Å². The number of rotatable bonds is 4. The predicted octanol–water partition coefficient (Wildman–Crippen LogP) is 11.9. The molecule has 4 aromatic heterocycles. The summed E-state index contributed by atoms with van der Waals surface area (Å²) in [6, 6.07) is 62.1. The summed E-state index contributed by atoms with van der Waals surface area (Å²) in [5.74, 6) is 0. The number of fused-ring (bicyclic) bond motifs is 10. The van der Waals surface area contributed by atoms with Gasteiger partial charge in [0.25, 0.3) is 0 Å². The first kappa shape index (κ1) is 29.3. The van der Waals surface area contributed by atoms with Crippen molar-refractivity contribution < 1.29 is 0 Å². The van der Waals surface area contributed by atoms with E-state index >= 15 is 0 Å². The maximum atomic E-state index is 10.3. The summed E-state index contributed by atoms with van der Waals surface area (Å²) in [5.41, 5.74) is 13.4. The molecule has 53 heavy (non-hydrogen) atoms. The van der Waals surface area contributed by atoms with Gasteiger partial charge in [-0.05, 0) is 96.1 Å². The number of nitriles is 1. The van der Waals surface area contributed by atoms with Crippen LogP contribution in [0.4, 0.5) is 0 Å². The van der Waals surface area contributed by atoms with Crippen molar-refractivity contribution in [3.05, 3.63) is 182 Å². The zero-order chi connectivity index (χ0) is 35.0. The van der Waals surface area contributed by atoms with Gasteiger partial charge in [-0.1, -0.05) is 84.9 Å². The molecule has 0 amide bonds. The van der Waals surface area contributed by atoms with Gasteiger partial charge in [0.1, 0.15) is 0 Å². The predicted molar refractivity (Wildman–Crippen MR) is 217 cm³/mol. The Labute approximate surface area is 304 Å². The van der Waals surface area contributed by atoms with Crippen molar-refractivity contribution in [2.45, 2.75) is 0 Å². The van der Waals surface area contributed by atoms with Crippen LogP contribution in [0.25, 0.3) is 93.7 Å². The normalized spacial score (nSPS) is 11.8. The zero-order valence-corrected chi connectivity index (χ0v) is 28.5. The van der Waals surface area contributed by atoms with E-state index in [1.165, 1.54) is 21.5 Å². The van der Waals surface area contributed by atoms with Gasteiger partial charge in [-0.25, -0.2) is 0 Å². The number of hydrogen-bond donors (Lipinski definition) is 0. The lowest BCUT2D eigenvalue weighted by Crippen LogP contribution is -1.97. The molecule has 0 unspecified atom stereocenters. The van der Waals surface area contributed by atoms with Crippen molar-refractivity contribution in [2.24, 2.45) is 0 Å². The standard InChI is InChI=1S/C48H29N5/c49-30-31-26-33(29-36(27-31)53-40-19-7-4-16-37(40)38-17-5-8-20-41(38)53)32-12-10-15-35(28-32)52-44-24-23-43-46(47(44)48-45(52)22-11-25-50-48)39-18-6-9-21-42(39)51(43)34-13-2-1-3-14-34/h1-29H. The van der Waals surface area contributed by atoms with E-state index in [0.717, 1.165) is 72.2 Å². The van der Waals surface area contributed by atoms with Crippen LogP contribution in [0.5, 0.6) is 0 Å². The fraction of sp³-hybridized carbons (Fsp3) is 0. The number of aromatic nitrogens is 4. The lowest BCUT2D eigenvalue weighted by atomic mass is 10.0. The van der Waals surface area contributed by atoms with Crippen LogP contribution in [-0.4, -0.2) is 18.7 Å². The second kappa shape index (κ2) is 11.3. The highest BCUT2D eigenvalue weighted by molar-refractivity contribution is 6.28. The third-order valence-corrected chi connectivity index (χ3v) is 10.7. The van der Waals surface area contributed by atoms with Gasteiger partial charge in [0.15, 0.2) is 0 Å². The van der Waals surface area contributed by atoms with Gasteiger partial charge in [0.05, 0.1) is 50.2 Å². The van der Waals surface area contributed by atoms with E-state index in [4.69, 9.17) is 4.98 Å². The number of benzene rings is 7. The Morgan fingerprint density at radius 2 is 0.962 bits per heavy atom. The monoisotopic (exact) mass is 675 g/mol. The average molecular weight is 676 g/mol. The van der Waals surface area contributed by atoms with Crippen molar-refractivity contribution in [2.75, 3.05) is 0 Å². The van der Waals surface area contributed by atoms with Gasteiger partial charge in [0, 0.05) is 50.2 Å². The average Bonchev–Trinajstić information content (AvgIpc) is 3.87. The fourth-order valence-corrected chi connectivity index (χ4v) is 8.51. The van der Waals surface area contributed by atoms with Crippen LogP contribution in [0.1, 0.15) is 5.56 Å². The van der Waals surface area contributed by atoms with E-state index in [9.17, 15) is 5.26 Å². The Hall–Kier alpha value is -7.42. The third-order valence-electron chi connectivity index (χ3n) is 10.7. The minimum absolute atomic E-state index is 0.614. The fourth-order valence-electron chi connectivity index (χ4n) is 8.51. The van der Waals surface area contributed by atoms with E-state index in [2.05, 4.69) is 171 Å². The molecule has 0 N–H and O–H groups in total. The van der Waals surface area contributed by atoms with E-state index in [1.54, 1.807) is 0 Å². The number of pyridine rings is 1. The van der Waals surface area contributed by atoms with Crippen LogP contribution >= 0.6 is 0 Å². The van der Waals surface area contributed by atoms with Crippen LogP contribution in [0.2, 0.25) is 0 Å². The highest BCUT2D eigenvalue weighted by Gasteiger charge is 2.21. The van der Waals surface area contributed by atoms with Crippen LogP contribution in [0.15, 0.2) is 176 Å². The second-order valence-electron chi connectivity index (χ2n) is 13.5. The maximum absolute atomic E-state index is 10.3. The van der Waals surface area contributed by atoms with Crippen LogP contribution < -0.4 is 0 Å². The molecule has 11 rings (SSSR count). The highest BCUT2D eigenvalue weighted by Crippen LogP contribution is 2.42. The summed E-state index contributed by atoms with van der Waals surface area (Å²) >= 11 is 0.